The largest absolute Gasteiger partial charge is 0.456 e. The van der Waals surface area contributed by atoms with Crippen molar-refractivity contribution in [3.05, 3.63) is 58.6 Å². The van der Waals surface area contributed by atoms with Crippen molar-refractivity contribution in [2.75, 3.05) is 0 Å². The van der Waals surface area contributed by atoms with Gasteiger partial charge in [0.25, 0.3) is 0 Å². The number of nitrogens with two attached hydrogens (primary N) is 1. The summed E-state index contributed by atoms with van der Waals surface area (Å²) in [6.45, 7) is 0. The number of alkyl halides is 3. The monoisotopic (exact) mass is 315 g/mol. The molecule has 7 heteroatoms. The Morgan fingerprint density at radius 3 is 2.19 bits per heavy atom. The van der Waals surface area contributed by atoms with E-state index in [-0.39, 0.29) is 10.8 Å². The number of benzene rings is 2. The Morgan fingerprint density at radius 2 is 1.71 bits per heavy atom. The van der Waals surface area contributed by atoms with Gasteiger partial charge in [-0.05, 0) is 42.5 Å². The second-order valence-electron chi connectivity index (χ2n) is 4.13. The molecular formula is C14H9ClF3NO2. The number of amides is 1. The molecule has 2 N–H and O–H groups in total. The lowest BCUT2D eigenvalue weighted by atomic mass is 10.2. The summed E-state index contributed by atoms with van der Waals surface area (Å²) in [6.07, 6.45) is -4.47. The molecule has 2 aromatic rings. The van der Waals surface area contributed by atoms with Gasteiger partial charge in [-0.25, -0.2) is 0 Å². The molecule has 0 aliphatic carbocycles. The van der Waals surface area contributed by atoms with E-state index in [0.717, 1.165) is 18.2 Å². The molecule has 0 saturated carbocycles. The van der Waals surface area contributed by atoms with Crippen LogP contribution in [0.25, 0.3) is 0 Å². The van der Waals surface area contributed by atoms with Gasteiger partial charge in [-0.1, -0.05) is 11.6 Å². The standard InChI is InChI=1S/C14H9ClF3NO2/c15-11-7-9(14(16,17)18)3-6-12(11)21-10-4-1-8(2-5-10)13(19)20/h1-7H,(H2,19,20). The molecule has 0 radical (unpaired) electrons. The van der Waals surface area contributed by atoms with Gasteiger partial charge in [-0.15, -0.1) is 0 Å². The molecule has 0 aliphatic rings. The maximum absolute atomic E-state index is 12.5. The third-order valence-electron chi connectivity index (χ3n) is 2.63. The van der Waals surface area contributed by atoms with Crippen molar-refractivity contribution in [1.29, 1.82) is 0 Å². The SMILES string of the molecule is NC(=O)c1ccc(Oc2ccc(C(F)(F)F)cc2Cl)cc1. The normalized spacial score (nSPS) is 11.2. The van der Waals surface area contributed by atoms with Gasteiger partial charge in [-0.2, -0.15) is 13.2 Å². The van der Waals surface area contributed by atoms with Crippen molar-refractivity contribution in [3.63, 3.8) is 0 Å². The number of halogens is 4. The molecule has 0 fully saturated rings. The Balaban J connectivity index is 2.22. The van der Waals surface area contributed by atoms with Crippen LogP contribution in [0.5, 0.6) is 11.5 Å². The van der Waals surface area contributed by atoms with Crippen molar-refractivity contribution >= 4 is 17.5 Å². The summed E-state index contributed by atoms with van der Waals surface area (Å²) in [6, 6.07) is 8.61. The van der Waals surface area contributed by atoms with E-state index in [1.165, 1.54) is 24.3 Å². The number of hydrogen-bond donors (Lipinski definition) is 1. The van der Waals surface area contributed by atoms with Crippen molar-refractivity contribution in [2.24, 2.45) is 5.73 Å². The Labute approximate surface area is 123 Å². The molecular weight excluding hydrogens is 307 g/mol. The zero-order valence-electron chi connectivity index (χ0n) is 10.4. The number of primary amides is 1. The predicted octanol–water partition coefficient (Wildman–Crippen LogP) is 4.25. The highest BCUT2D eigenvalue weighted by molar-refractivity contribution is 6.32. The third kappa shape index (κ3) is 3.66. The lowest BCUT2D eigenvalue weighted by Crippen LogP contribution is -2.10. The molecule has 1 amide bonds. The summed E-state index contributed by atoms with van der Waals surface area (Å²) in [5, 5.41) is -0.163. The average Bonchev–Trinajstić information content (AvgIpc) is 2.40. The number of carbonyl (C=O) groups excluding carboxylic acids is 1. The van der Waals surface area contributed by atoms with E-state index >= 15 is 0 Å². The van der Waals surface area contributed by atoms with E-state index in [9.17, 15) is 18.0 Å². The second kappa shape index (κ2) is 5.65. The third-order valence-corrected chi connectivity index (χ3v) is 2.92. The highest BCUT2D eigenvalue weighted by Gasteiger charge is 2.31. The maximum Gasteiger partial charge on any atom is 0.416 e. The van der Waals surface area contributed by atoms with Crippen LogP contribution in [-0.2, 0) is 6.18 Å². The average molecular weight is 316 g/mol. The van der Waals surface area contributed by atoms with E-state index in [4.69, 9.17) is 22.1 Å². The fraction of sp³-hybridized carbons (Fsp3) is 0.0714. The van der Waals surface area contributed by atoms with Gasteiger partial charge >= 0.3 is 6.18 Å². The van der Waals surface area contributed by atoms with E-state index in [1.54, 1.807) is 0 Å². The smallest absolute Gasteiger partial charge is 0.416 e. The first-order valence-corrected chi connectivity index (χ1v) is 6.09. The zero-order chi connectivity index (χ0) is 15.6. The highest BCUT2D eigenvalue weighted by Crippen LogP contribution is 2.36. The van der Waals surface area contributed by atoms with Crippen molar-refractivity contribution in [1.82, 2.24) is 0 Å². The van der Waals surface area contributed by atoms with E-state index < -0.39 is 17.6 Å². The first-order chi connectivity index (χ1) is 9.77. The molecule has 3 nitrogen and oxygen atoms in total. The molecule has 21 heavy (non-hydrogen) atoms. The number of hydrogen-bond acceptors (Lipinski definition) is 2. The van der Waals surface area contributed by atoms with Crippen LogP contribution in [0.4, 0.5) is 13.2 Å². The minimum atomic E-state index is -4.47. The minimum Gasteiger partial charge on any atom is -0.456 e. The number of carbonyl (C=O) groups is 1. The molecule has 0 heterocycles. The van der Waals surface area contributed by atoms with Crippen molar-refractivity contribution < 1.29 is 22.7 Å². The highest BCUT2D eigenvalue weighted by atomic mass is 35.5. The Hall–Kier alpha value is -2.21. The van der Waals surface area contributed by atoms with Crippen LogP contribution < -0.4 is 10.5 Å². The summed E-state index contributed by atoms with van der Waals surface area (Å²) < 4.78 is 42.9. The van der Waals surface area contributed by atoms with E-state index in [0.29, 0.717) is 11.3 Å². The van der Waals surface area contributed by atoms with Gasteiger partial charge < -0.3 is 10.5 Å². The summed E-state index contributed by atoms with van der Waals surface area (Å²) in [4.78, 5) is 10.9. The lowest BCUT2D eigenvalue weighted by Gasteiger charge is -2.11. The second-order valence-corrected chi connectivity index (χ2v) is 4.54. The van der Waals surface area contributed by atoms with Crippen LogP contribution >= 0.6 is 11.6 Å². The number of rotatable bonds is 3. The predicted molar refractivity (Wildman–Crippen MR) is 71.5 cm³/mol. The lowest BCUT2D eigenvalue weighted by molar-refractivity contribution is -0.137. The van der Waals surface area contributed by atoms with Gasteiger partial charge in [0.2, 0.25) is 5.91 Å². The maximum atomic E-state index is 12.5. The summed E-state index contributed by atoms with van der Waals surface area (Å²) in [5.41, 5.74) is 4.53. The minimum absolute atomic E-state index is 0.0801. The van der Waals surface area contributed by atoms with Crippen LogP contribution in [0.3, 0.4) is 0 Å². The van der Waals surface area contributed by atoms with Crippen molar-refractivity contribution in [3.8, 4) is 11.5 Å². The molecule has 2 aromatic carbocycles. The molecule has 0 aromatic heterocycles. The topological polar surface area (TPSA) is 52.3 Å². The Morgan fingerprint density at radius 1 is 1.10 bits per heavy atom. The first kappa shape index (κ1) is 15.2. The van der Waals surface area contributed by atoms with Gasteiger partial charge in [0.05, 0.1) is 10.6 Å². The number of ether oxygens (including phenoxy) is 1. The first-order valence-electron chi connectivity index (χ1n) is 5.72. The molecule has 0 bridgehead atoms. The van der Waals surface area contributed by atoms with Crippen LogP contribution in [0.1, 0.15) is 15.9 Å². The molecule has 0 atom stereocenters. The van der Waals surface area contributed by atoms with Gasteiger partial charge in [0.15, 0.2) is 0 Å². The van der Waals surface area contributed by atoms with Gasteiger partial charge in [0.1, 0.15) is 11.5 Å². The Bertz CT molecular complexity index is 669. The van der Waals surface area contributed by atoms with Crippen molar-refractivity contribution in [2.45, 2.75) is 6.18 Å². The van der Waals surface area contributed by atoms with Crippen LogP contribution in [0, 0.1) is 0 Å². The molecule has 0 saturated heterocycles. The molecule has 110 valence electrons. The van der Waals surface area contributed by atoms with Gasteiger partial charge in [0, 0.05) is 5.56 Å². The molecule has 2 rings (SSSR count). The fourth-order valence-corrected chi connectivity index (χ4v) is 1.79. The van der Waals surface area contributed by atoms with E-state index in [2.05, 4.69) is 0 Å². The molecule has 0 unspecified atom stereocenters. The van der Waals surface area contributed by atoms with Crippen LogP contribution in [-0.4, -0.2) is 5.91 Å². The van der Waals surface area contributed by atoms with Crippen LogP contribution in [0.15, 0.2) is 42.5 Å². The summed E-state index contributed by atoms with van der Waals surface area (Å²) >= 11 is 5.77. The van der Waals surface area contributed by atoms with E-state index in [1.807, 2.05) is 0 Å². The Kier molecular flexibility index (Phi) is 4.09. The summed E-state index contributed by atoms with van der Waals surface area (Å²) in [7, 11) is 0. The van der Waals surface area contributed by atoms with Crippen LogP contribution in [0.2, 0.25) is 5.02 Å². The summed E-state index contributed by atoms with van der Waals surface area (Å²) in [5.74, 6) is -0.188. The zero-order valence-corrected chi connectivity index (χ0v) is 11.2. The molecule has 0 aliphatic heterocycles. The molecule has 0 spiro atoms. The fourth-order valence-electron chi connectivity index (χ4n) is 1.57. The van der Waals surface area contributed by atoms with Gasteiger partial charge in [-0.3, -0.25) is 4.79 Å². The quantitative estimate of drug-likeness (QED) is 0.920.